The van der Waals surface area contributed by atoms with E-state index in [4.69, 9.17) is 0 Å². The van der Waals surface area contributed by atoms with E-state index in [0.29, 0.717) is 10.8 Å². The lowest BCUT2D eigenvalue weighted by molar-refractivity contribution is -0.384. The number of rotatable bonds is 4. The van der Waals surface area contributed by atoms with E-state index in [-0.39, 0.29) is 17.8 Å². The molecule has 8 nitrogen and oxygen atoms in total. The molecule has 2 aromatic rings. The molecule has 1 aliphatic rings. The third-order valence-corrected chi connectivity index (χ3v) is 3.74. The first-order chi connectivity index (χ1) is 11.5. The van der Waals surface area contributed by atoms with Crippen molar-refractivity contribution in [2.45, 2.75) is 12.5 Å². The zero-order valence-corrected chi connectivity index (χ0v) is 12.4. The molecule has 1 fully saturated rings. The van der Waals surface area contributed by atoms with E-state index in [1.54, 1.807) is 30.3 Å². The molecule has 1 saturated heterocycles. The minimum absolute atomic E-state index is 0.0743. The number of nitro benzene ring substituents is 1. The van der Waals surface area contributed by atoms with Crippen molar-refractivity contribution in [1.29, 1.82) is 0 Å². The predicted octanol–water partition coefficient (Wildman–Crippen LogP) is 2.12. The zero-order chi connectivity index (χ0) is 17.3. The minimum Gasteiger partial charge on any atom is -0.288 e. The molecule has 24 heavy (non-hydrogen) atoms. The molecular weight excluding hydrogens is 314 g/mol. The van der Waals surface area contributed by atoms with Crippen LogP contribution in [0.4, 0.5) is 17.1 Å². The molecule has 1 aliphatic heterocycles. The van der Waals surface area contributed by atoms with Crippen LogP contribution in [0.15, 0.2) is 54.6 Å². The highest BCUT2D eigenvalue weighted by Crippen LogP contribution is 2.29. The number of benzene rings is 2. The highest BCUT2D eigenvalue weighted by Gasteiger charge is 2.43. The number of hydrogen-bond acceptors (Lipinski definition) is 6. The topological polar surface area (TPSA) is 104 Å². The second kappa shape index (κ2) is 6.09. The van der Waals surface area contributed by atoms with Crippen LogP contribution in [0.5, 0.6) is 0 Å². The molecule has 1 heterocycles. The number of nitrogens with zero attached hydrogens (tertiary/aromatic N) is 3. The smallest absolute Gasteiger partial charge is 0.271 e. The molecule has 8 heteroatoms. The van der Waals surface area contributed by atoms with Crippen LogP contribution >= 0.6 is 0 Å². The molecule has 1 N–H and O–H groups in total. The largest absolute Gasteiger partial charge is 0.288 e. The summed E-state index contributed by atoms with van der Waals surface area (Å²) >= 11 is 0. The Hall–Kier alpha value is -3.26. The van der Waals surface area contributed by atoms with Gasteiger partial charge in [0.25, 0.3) is 11.6 Å². The lowest BCUT2D eigenvalue weighted by Gasteiger charge is -2.22. The number of hydrogen-bond donors (Lipinski definition) is 1. The maximum Gasteiger partial charge on any atom is 0.271 e. The van der Waals surface area contributed by atoms with Crippen molar-refractivity contribution in [3.05, 3.63) is 64.7 Å². The van der Waals surface area contributed by atoms with Gasteiger partial charge >= 0.3 is 0 Å². The first-order valence-electron chi connectivity index (χ1n) is 7.13. The van der Waals surface area contributed by atoms with Crippen molar-refractivity contribution in [3.8, 4) is 0 Å². The zero-order valence-electron chi connectivity index (χ0n) is 12.4. The molecule has 0 spiro atoms. The van der Waals surface area contributed by atoms with Crippen molar-refractivity contribution < 1.29 is 19.7 Å². The third-order valence-electron chi connectivity index (χ3n) is 3.74. The Bertz CT molecular complexity index is 808. The number of carbonyl (C=O) groups is 2. The second-order valence-corrected chi connectivity index (χ2v) is 5.24. The minimum atomic E-state index is -1.13. The fraction of sp³-hybridized carbons (Fsp3) is 0.125. The van der Waals surface area contributed by atoms with Gasteiger partial charge in [-0.1, -0.05) is 24.3 Å². The summed E-state index contributed by atoms with van der Waals surface area (Å²) in [5.74, 6) is -1.03. The van der Waals surface area contributed by atoms with Crippen LogP contribution in [-0.2, 0) is 9.59 Å². The summed E-state index contributed by atoms with van der Waals surface area (Å²) in [4.78, 5) is 35.9. The molecule has 1 unspecified atom stereocenters. The van der Waals surface area contributed by atoms with Gasteiger partial charge in [0.05, 0.1) is 22.7 Å². The van der Waals surface area contributed by atoms with Crippen LogP contribution in [0.2, 0.25) is 0 Å². The number of imide groups is 1. The van der Waals surface area contributed by atoms with Crippen LogP contribution in [0.1, 0.15) is 6.42 Å². The van der Waals surface area contributed by atoms with E-state index in [0.717, 1.165) is 11.0 Å². The van der Waals surface area contributed by atoms with Gasteiger partial charge in [0.2, 0.25) is 5.91 Å². The SMILES string of the molecule is O=C1CC(N(O)c2cccc([N+](=O)[O-])c2)C(=O)N1c1ccccc1. The van der Waals surface area contributed by atoms with Gasteiger partial charge < -0.3 is 0 Å². The monoisotopic (exact) mass is 327 g/mol. The van der Waals surface area contributed by atoms with Crippen LogP contribution in [-0.4, -0.2) is 28.0 Å². The van der Waals surface area contributed by atoms with Crippen LogP contribution < -0.4 is 9.96 Å². The first kappa shape index (κ1) is 15.6. The number of anilines is 2. The van der Waals surface area contributed by atoms with Crippen molar-refractivity contribution in [2.24, 2.45) is 0 Å². The Labute approximate surface area is 136 Å². The maximum absolute atomic E-state index is 12.5. The molecule has 3 rings (SSSR count). The molecule has 0 aliphatic carbocycles. The number of para-hydroxylation sites is 1. The number of carbonyl (C=O) groups excluding carboxylic acids is 2. The summed E-state index contributed by atoms with van der Waals surface area (Å²) in [5.41, 5.74) is 0.274. The van der Waals surface area contributed by atoms with Gasteiger partial charge in [-0.3, -0.25) is 24.9 Å². The maximum atomic E-state index is 12.5. The second-order valence-electron chi connectivity index (χ2n) is 5.24. The van der Waals surface area contributed by atoms with Gasteiger partial charge in [0.15, 0.2) is 0 Å². The van der Waals surface area contributed by atoms with E-state index in [1.165, 1.54) is 18.2 Å². The lowest BCUT2D eigenvalue weighted by atomic mass is 10.2. The molecular formula is C16H13N3O5. The molecule has 0 aromatic heterocycles. The summed E-state index contributed by atoms with van der Waals surface area (Å²) in [6.07, 6.45) is -0.215. The van der Waals surface area contributed by atoms with E-state index in [9.17, 15) is 24.9 Å². The van der Waals surface area contributed by atoms with Crippen LogP contribution in [0.25, 0.3) is 0 Å². The summed E-state index contributed by atoms with van der Waals surface area (Å²) < 4.78 is 0. The van der Waals surface area contributed by atoms with Crippen LogP contribution in [0, 0.1) is 10.1 Å². The van der Waals surface area contributed by atoms with Gasteiger partial charge in [-0.15, -0.1) is 0 Å². The Kier molecular flexibility index (Phi) is 3.97. The Morgan fingerprint density at radius 1 is 1.12 bits per heavy atom. The number of nitro groups is 1. The fourth-order valence-electron chi connectivity index (χ4n) is 2.58. The van der Waals surface area contributed by atoms with Gasteiger partial charge in [-0.05, 0) is 18.2 Å². The average Bonchev–Trinajstić information content (AvgIpc) is 2.89. The number of hydroxylamine groups is 1. The lowest BCUT2D eigenvalue weighted by Crippen LogP contribution is -2.40. The van der Waals surface area contributed by atoms with Crippen LogP contribution in [0.3, 0.4) is 0 Å². The normalized spacial score (nSPS) is 17.2. The first-order valence-corrected chi connectivity index (χ1v) is 7.13. The summed E-state index contributed by atoms with van der Waals surface area (Å²) in [5, 5.41) is 21.7. The van der Waals surface area contributed by atoms with Gasteiger partial charge in [0.1, 0.15) is 6.04 Å². The standard InChI is InChI=1S/C16H13N3O5/c20-15-10-14(16(21)17(15)11-5-2-1-3-6-11)18(22)12-7-4-8-13(9-12)19(23)24/h1-9,14,22H,10H2. The van der Waals surface area contributed by atoms with Gasteiger partial charge in [-0.25, -0.2) is 9.96 Å². The Morgan fingerprint density at radius 3 is 2.50 bits per heavy atom. The molecule has 2 amide bonds. The molecule has 1 atom stereocenters. The summed E-state index contributed by atoms with van der Waals surface area (Å²) in [6, 6.07) is 12.5. The fourth-order valence-corrected chi connectivity index (χ4v) is 2.58. The van der Waals surface area contributed by atoms with Crippen molar-refractivity contribution >= 4 is 28.9 Å². The molecule has 0 radical (unpaired) electrons. The highest BCUT2D eigenvalue weighted by molar-refractivity contribution is 6.23. The quantitative estimate of drug-likeness (QED) is 0.524. The molecule has 122 valence electrons. The summed E-state index contributed by atoms with van der Waals surface area (Å²) in [7, 11) is 0. The van der Waals surface area contributed by atoms with E-state index in [2.05, 4.69) is 0 Å². The Balaban J connectivity index is 1.88. The van der Waals surface area contributed by atoms with E-state index < -0.39 is 22.8 Å². The molecule has 0 bridgehead atoms. The molecule has 0 saturated carbocycles. The van der Waals surface area contributed by atoms with Gasteiger partial charge in [-0.2, -0.15) is 0 Å². The van der Waals surface area contributed by atoms with E-state index in [1.807, 2.05) is 0 Å². The van der Waals surface area contributed by atoms with Crippen molar-refractivity contribution in [2.75, 3.05) is 9.96 Å². The third kappa shape index (κ3) is 2.70. The number of non-ortho nitro benzene ring substituents is 1. The Morgan fingerprint density at radius 2 is 1.83 bits per heavy atom. The predicted molar refractivity (Wildman–Crippen MR) is 84.7 cm³/mol. The molecule has 2 aromatic carbocycles. The average molecular weight is 327 g/mol. The number of amides is 2. The van der Waals surface area contributed by atoms with Crippen molar-refractivity contribution in [3.63, 3.8) is 0 Å². The summed E-state index contributed by atoms with van der Waals surface area (Å²) in [6.45, 7) is 0. The highest BCUT2D eigenvalue weighted by atomic mass is 16.6. The van der Waals surface area contributed by atoms with Crippen molar-refractivity contribution in [1.82, 2.24) is 0 Å². The van der Waals surface area contributed by atoms with E-state index >= 15 is 0 Å². The van der Waals surface area contributed by atoms with Gasteiger partial charge in [0, 0.05) is 12.1 Å².